The molecule has 0 amide bonds. The van der Waals surface area contributed by atoms with Crippen LogP contribution in [0.3, 0.4) is 0 Å². The van der Waals surface area contributed by atoms with Crippen molar-refractivity contribution in [3.05, 3.63) is 58.6 Å². The van der Waals surface area contributed by atoms with Crippen LogP contribution in [0.25, 0.3) is 11.1 Å². The summed E-state index contributed by atoms with van der Waals surface area (Å²) in [6, 6.07) is 14.7. The van der Waals surface area contributed by atoms with Gasteiger partial charge in [0.15, 0.2) is 0 Å². The molecule has 2 aromatic rings. The number of nitrogens with one attached hydrogen (secondary N) is 1. The number of rotatable bonds is 4. The highest BCUT2D eigenvalue weighted by atomic mass is 35.5. The van der Waals surface area contributed by atoms with Crippen LogP contribution in [0.4, 0.5) is 0 Å². The first kappa shape index (κ1) is 13.1. The van der Waals surface area contributed by atoms with E-state index in [1.807, 2.05) is 13.0 Å². The molecule has 0 aliphatic heterocycles. The summed E-state index contributed by atoms with van der Waals surface area (Å²) in [6.45, 7) is 6.00. The van der Waals surface area contributed by atoms with E-state index in [-0.39, 0.29) is 0 Å². The molecular weight excluding hydrogens is 242 g/mol. The molecule has 0 unspecified atom stereocenters. The van der Waals surface area contributed by atoms with Gasteiger partial charge in [0.1, 0.15) is 0 Å². The van der Waals surface area contributed by atoms with Gasteiger partial charge in [-0.15, -0.1) is 0 Å². The van der Waals surface area contributed by atoms with Gasteiger partial charge in [0.2, 0.25) is 0 Å². The van der Waals surface area contributed by atoms with Crippen molar-refractivity contribution in [2.75, 3.05) is 6.54 Å². The molecule has 0 aromatic heterocycles. The molecule has 0 bridgehead atoms. The fourth-order valence-corrected chi connectivity index (χ4v) is 2.16. The van der Waals surface area contributed by atoms with Crippen molar-refractivity contribution in [1.29, 1.82) is 0 Å². The third-order valence-corrected chi connectivity index (χ3v) is 3.47. The highest BCUT2D eigenvalue weighted by Crippen LogP contribution is 2.27. The Labute approximate surface area is 114 Å². The highest BCUT2D eigenvalue weighted by molar-refractivity contribution is 6.31. The zero-order valence-electron chi connectivity index (χ0n) is 10.8. The van der Waals surface area contributed by atoms with Crippen molar-refractivity contribution in [3.8, 4) is 11.1 Å². The average Bonchev–Trinajstić information content (AvgIpc) is 2.40. The average molecular weight is 260 g/mol. The van der Waals surface area contributed by atoms with E-state index in [1.165, 1.54) is 16.7 Å². The molecular formula is C16H18ClN. The molecule has 0 aliphatic rings. The van der Waals surface area contributed by atoms with Gasteiger partial charge in [0.25, 0.3) is 0 Å². The van der Waals surface area contributed by atoms with Crippen molar-refractivity contribution in [3.63, 3.8) is 0 Å². The lowest BCUT2D eigenvalue weighted by molar-refractivity contribution is 0.728. The molecule has 2 rings (SSSR count). The maximum absolute atomic E-state index is 6.20. The van der Waals surface area contributed by atoms with Crippen LogP contribution in [0.15, 0.2) is 42.5 Å². The number of hydrogen-bond donors (Lipinski definition) is 1. The summed E-state index contributed by atoms with van der Waals surface area (Å²) in [6.07, 6.45) is 0. The molecule has 0 fully saturated rings. The van der Waals surface area contributed by atoms with Gasteiger partial charge >= 0.3 is 0 Å². The topological polar surface area (TPSA) is 12.0 Å². The molecule has 0 aliphatic carbocycles. The standard InChI is InChI=1S/C16H18ClN/c1-3-18-11-14-6-4-5-7-15(14)13-9-8-12(2)16(17)10-13/h4-10,18H,3,11H2,1-2H3. The Kier molecular flexibility index (Phi) is 4.40. The summed E-state index contributed by atoms with van der Waals surface area (Å²) >= 11 is 6.20. The van der Waals surface area contributed by atoms with Crippen LogP contribution >= 0.6 is 11.6 Å². The molecule has 1 nitrogen and oxygen atoms in total. The molecule has 2 heteroatoms. The van der Waals surface area contributed by atoms with Crippen LogP contribution in [0.5, 0.6) is 0 Å². The fraction of sp³-hybridized carbons (Fsp3) is 0.250. The summed E-state index contributed by atoms with van der Waals surface area (Å²) in [5.74, 6) is 0. The Morgan fingerprint density at radius 2 is 1.89 bits per heavy atom. The lowest BCUT2D eigenvalue weighted by Gasteiger charge is -2.11. The van der Waals surface area contributed by atoms with E-state index < -0.39 is 0 Å². The van der Waals surface area contributed by atoms with Crippen LogP contribution in [-0.2, 0) is 6.54 Å². The van der Waals surface area contributed by atoms with Crippen molar-refractivity contribution in [2.45, 2.75) is 20.4 Å². The van der Waals surface area contributed by atoms with Crippen LogP contribution in [-0.4, -0.2) is 6.54 Å². The lowest BCUT2D eigenvalue weighted by Crippen LogP contribution is -2.12. The molecule has 0 saturated heterocycles. The molecule has 0 saturated carbocycles. The Morgan fingerprint density at radius 3 is 2.61 bits per heavy atom. The normalized spacial score (nSPS) is 10.6. The maximum Gasteiger partial charge on any atom is 0.0441 e. The van der Waals surface area contributed by atoms with Crippen LogP contribution < -0.4 is 5.32 Å². The van der Waals surface area contributed by atoms with Gasteiger partial charge in [-0.3, -0.25) is 0 Å². The van der Waals surface area contributed by atoms with Crippen molar-refractivity contribution < 1.29 is 0 Å². The van der Waals surface area contributed by atoms with E-state index in [2.05, 4.69) is 48.6 Å². The zero-order chi connectivity index (χ0) is 13.0. The van der Waals surface area contributed by atoms with Crippen LogP contribution in [0.1, 0.15) is 18.1 Å². The molecule has 2 aromatic carbocycles. The first-order valence-corrected chi connectivity index (χ1v) is 6.65. The summed E-state index contributed by atoms with van der Waals surface area (Å²) in [5.41, 5.74) is 4.85. The highest BCUT2D eigenvalue weighted by Gasteiger charge is 2.05. The second kappa shape index (κ2) is 6.03. The van der Waals surface area contributed by atoms with Gasteiger partial charge < -0.3 is 5.32 Å². The van der Waals surface area contributed by atoms with Crippen molar-refractivity contribution in [2.24, 2.45) is 0 Å². The van der Waals surface area contributed by atoms with E-state index >= 15 is 0 Å². The molecule has 0 heterocycles. The summed E-state index contributed by atoms with van der Waals surface area (Å²) in [5, 5.41) is 4.19. The van der Waals surface area contributed by atoms with Gasteiger partial charge in [-0.2, -0.15) is 0 Å². The van der Waals surface area contributed by atoms with E-state index in [0.29, 0.717) is 0 Å². The SMILES string of the molecule is CCNCc1ccccc1-c1ccc(C)c(Cl)c1. The Hall–Kier alpha value is -1.31. The smallest absolute Gasteiger partial charge is 0.0441 e. The number of aryl methyl sites for hydroxylation is 1. The summed E-state index contributed by atoms with van der Waals surface area (Å²) in [4.78, 5) is 0. The van der Waals surface area contributed by atoms with E-state index in [9.17, 15) is 0 Å². The fourth-order valence-electron chi connectivity index (χ4n) is 1.98. The molecule has 0 spiro atoms. The Morgan fingerprint density at radius 1 is 1.11 bits per heavy atom. The third kappa shape index (κ3) is 2.92. The van der Waals surface area contributed by atoms with Crippen molar-refractivity contribution >= 4 is 11.6 Å². The van der Waals surface area contributed by atoms with Gasteiger partial charge in [0.05, 0.1) is 0 Å². The third-order valence-electron chi connectivity index (χ3n) is 3.07. The minimum absolute atomic E-state index is 0.825. The summed E-state index contributed by atoms with van der Waals surface area (Å²) < 4.78 is 0. The van der Waals surface area contributed by atoms with Gasteiger partial charge in [-0.1, -0.05) is 54.9 Å². The predicted octanol–water partition coefficient (Wildman–Crippen LogP) is 4.42. The predicted molar refractivity (Wildman–Crippen MR) is 79.0 cm³/mol. The largest absolute Gasteiger partial charge is 0.313 e. The quantitative estimate of drug-likeness (QED) is 0.857. The molecule has 94 valence electrons. The second-order valence-electron chi connectivity index (χ2n) is 4.40. The van der Waals surface area contributed by atoms with E-state index in [0.717, 1.165) is 23.7 Å². The summed E-state index contributed by atoms with van der Waals surface area (Å²) in [7, 11) is 0. The van der Waals surface area contributed by atoms with E-state index in [1.54, 1.807) is 0 Å². The number of benzene rings is 2. The first-order chi connectivity index (χ1) is 8.72. The monoisotopic (exact) mass is 259 g/mol. The second-order valence-corrected chi connectivity index (χ2v) is 4.81. The number of hydrogen-bond acceptors (Lipinski definition) is 1. The first-order valence-electron chi connectivity index (χ1n) is 6.27. The molecule has 1 N–H and O–H groups in total. The van der Waals surface area contributed by atoms with Gasteiger partial charge in [-0.25, -0.2) is 0 Å². The van der Waals surface area contributed by atoms with Gasteiger partial charge in [-0.05, 0) is 41.8 Å². The Bertz CT molecular complexity index is 534. The molecule has 18 heavy (non-hydrogen) atoms. The Balaban J connectivity index is 2.39. The maximum atomic E-state index is 6.20. The van der Waals surface area contributed by atoms with E-state index in [4.69, 9.17) is 11.6 Å². The number of halogens is 1. The zero-order valence-corrected chi connectivity index (χ0v) is 11.6. The molecule has 0 radical (unpaired) electrons. The molecule has 0 atom stereocenters. The lowest BCUT2D eigenvalue weighted by atomic mass is 9.99. The van der Waals surface area contributed by atoms with Crippen LogP contribution in [0.2, 0.25) is 5.02 Å². The van der Waals surface area contributed by atoms with Gasteiger partial charge in [0, 0.05) is 11.6 Å². The van der Waals surface area contributed by atoms with Crippen molar-refractivity contribution in [1.82, 2.24) is 5.32 Å². The van der Waals surface area contributed by atoms with Crippen LogP contribution in [0, 0.1) is 6.92 Å². The minimum atomic E-state index is 0.825. The minimum Gasteiger partial charge on any atom is -0.313 e.